The minimum atomic E-state index is -0.491. The van der Waals surface area contributed by atoms with Gasteiger partial charge in [0.05, 0.1) is 5.75 Å². The Kier molecular flexibility index (Phi) is 5.40. The molecule has 0 saturated heterocycles. The van der Waals surface area contributed by atoms with E-state index in [0.29, 0.717) is 5.92 Å². The number of benzene rings is 1. The van der Waals surface area contributed by atoms with Gasteiger partial charge in [-0.1, -0.05) is 19.8 Å². The molecule has 0 aromatic heterocycles. The molecule has 1 N–H and O–H groups in total. The third-order valence-corrected chi connectivity index (χ3v) is 4.74. The molecule has 0 heterocycles. The van der Waals surface area contributed by atoms with Crippen LogP contribution in [0.4, 0.5) is 8.78 Å². The number of halogens is 2. The van der Waals surface area contributed by atoms with Crippen molar-refractivity contribution < 1.29 is 13.6 Å². The van der Waals surface area contributed by atoms with Crippen LogP contribution in [0.5, 0.6) is 0 Å². The van der Waals surface area contributed by atoms with Gasteiger partial charge in [-0.2, -0.15) is 0 Å². The summed E-state index contributed by atoms with van der Waals surface area (Å²) in [5.74, 6) is -0.490. The first-order valence-corrected chi connectivity index (χ1v) is 7.92. The van der Waals surface area contributed by atoms with Crippen molar-refractivity contribution in [3.63, 3.8) is 0 Å². The molecule has 1 aliphatic rings. The average Bonchev–Trinajstić information content (AvgIpc) is 2.42. The van der Waals surface area contributed by atoms with Crippen molar-refractivity contribution in [3.05, 3.63) is 29.8 Å². The Morgan fingerprint density at radius 3 is 2.85 bits per heavy atom. The summed E-state index contributed by atoms with van der Waals surface area (Å²) in [7, 11) is 0. The van der Waals surface area contributed by atoms with Crippen LogP contribution in [0.15, 0.2) is 23.1 Å². The largest absolute Gasteiger partial charge is 0.352 e. The van der Waals surface area contributed by atoms with Crippen molar-refractivity contribution in [1.29, 1.82) is 0 Å². The first-order chi connectivity index (χ1) is 9.56. The van der Waals surface area contributed by atoms with Gasteiger partial charge in [0.25, 0.3) is 0 Å². The predicted molar refractivity (Wildman–Crippen MR) is 76.6 cm³/mol. The Balaban J connectivity index is 1.84. The molecule has 0 aliphatic heterocycles. The summed E-state index contributed by atoms with van der Waals surface area (Å²) in [6, 6.07) is 3.49. The van der Waals surface area contributed by atoms with Crippen LogP contribution < -0.4 is 5.32 Å². The highest BCUT2D eigenvalue weighted by molar-refractivity contribution is 8.00. The van der Waals surface area contributed by atoms with Gasteiger partial charge in [-0.25, -0.2) is 8.78 Å². The molecule has 110 valence electrons. The molecule has 0 radical (unpaired) electrons. The lowest BCUT2D eigenvalue weighted by molar-refractivity contribution is -0.119. The standard InChI is InChI=1S/C15H19F2NOS/c1-10-4-2-3-5-13(10)18-15(19)9-20-14-8-11(16)6-7-12(14)17/h6-8,10,13H,2-5,9H2,1H3,(H,18,19)/t10-,13-/m0/s1. The maximum absolute atomic E-state index is 13.4. The number of carbonyl (C=O) groups excluding carboxylic acids is 1. The number of thioether (sulfide) groups is 1. The summed E-state index contributed by atoms with van der Waals surface area (Å²) in [5.41, 5.74) is 0. The Morgan fingerprint density at radius 2 is 2.10 bits per heavy atom. The van der Waals surface area contributed by atoms with Crippen molar-refractivity contribution in [1.82, 2.24) is 5.32 Å². The minimum Gasteiger partial charge on any atom is -0.352 e. The van der Waals surface area contributed by atoms with E-state index in [4.69, 9.17) is 0 Å². The van der Waals surface area contributed by atoms with Gasteiger partial charge in [-0.15, -0.1) is 11.8 Å². The molecule has 2 nitrogen and oxygen atoms in total. The summed E-state index contributed by atoms with van der Waals surface area (Å²) >= 11 is 1.03. The maximum Gasteiger partial charge on any atom is 0.230 e. The third-order valence-electron chi connectivity index (χ3n) is 3.71. The van der Waals surface area contributed by atoms with Crippen LogP contribution in [0, 0.1) is 17.6 Å². The molecule has 20 heavy (non-hydrogen) atoms. The fourth-order valence-electron chi connectivity index (χ4n) is 2.51. The number of amides is 1. The molecule has 1 aromatic rings. The first kappa shape index (κ1) is 15.3. The van der Waals surface area contributed by atoms with Gasteiger partial charge < -0.3 is 5.32 Å². The zero-order chi connectivity index (χ0) is 14.5. The molecule has 2 rings (SSSR count). The summed E-state index contributed by atoms with van der Waals surface area (Å²) in [6.45, 7) is 2.14. The van der Waals surface area contributed by atoms with E-state index in [-0.39, 0.29) is 22.6 Å². The highest BCUT2D eigenvalue weighted by Gasteiger charge is 2.22. The Hall–Kier alpha value is -1.10. The molecule has 0 spiro atoms. The fraction of sp³-hybridized carbons (Fsp3) is 0.533. The molecule has 0 unspecified atom stereocenters. The van der Waals surface area contributed by atoms with Crippen LogP contribution in [0.2, 0.25) is 0 Å². The topological polar surface area (TPSA) is 29.1 Å². The number of rotatable bonds is 4. The fourth-order valence-corrected chi connectivity index (χ4v) is 3.28. The van der Waals surface area contributed by atoms with Crippen LogP contribution in [0.3, 0.4) is 0 Å². The second-order valence-electron chi connectivity index (χ2n) is 5.30. The molecular weight excluding hydrogens is 280 g/mol. The lowest BCUT2D eigenvalue weighted by Crippen LogP contribution is -2.41. The van der Waals surface area contributed by atoms with Crippen molar-refractivity contribution in [2.45, 2.75) is 43.5 Å². The number of hydrogen-bond donors (Lipinski definition) is 1. The molecule has 1 aromatic carbocycles. The van der Waals surface area contributed by atoms with E-state index in [1.807, 2.05) is 0 Å². The zero-order valence-electron chi connectivity index (χ0n) is 11.5. The van der Waals surface area contributed by atoms with Crippen molar-refractivity contribution in [2.75, 3.05) is 5.75 Å². The van der Waals surface area contributed by atoms with Gasteiger partial charge in [-0.05, 0) is 37.0 Å². The molecule has 1 saturated carbocycles. The van der Waals surface area contributed by atoms with Crippen LogP contribution in [0.25, 0.3) is 0 Å². The van der Waals surface area contributed by atoms with E-state index < -0.39 is 11.6 Å². The lowest BCUT2D eigenvalue weighted by atomic mass is 9.86. The second kappa shape index (κ2) is 7.07. The highest BCUT2D eigenvalue weighted by atomic mass is 32.2. The number of nitrogens with one attached hydrogen (secondary N) is 1. The minimum absolute atomic E-state index is 0.114. The molecule has 0 bridgehead atoms. The van der Waals surface area contributed by atoms with E-state index in [9.17, 15) is 13.6 Å². The van der Waals surface area contributed by atoms with Crippen LogP contribution in [-0.2, 0) is 4.79 Å². The monoisotopic (exact) mass is 299 g/mol. The van der Waals surface area contributed by atoms with Crippen LogP contribution >= 0.6 is 11.8 Å². The van der Waals surface area contributed by atoms with Gasteiger partial charge in [0.1, 0.15) is 11.6 Å². The zero-order valence-corrected chi connectivity index (χ0v) is 12.3. The summed E-state index contributed by atoms with van der Waals surface area (Å²) in [4.78, 5) is 12.1. The van der Waals surface area contributed by atoms with E-state index in [1.165, 1.54) is 6.42 Å². The van der Waals surface area contributed by atoms with E-state index in [1.54, 1.807) is 0 Å². The summed E-state index contributed by atoms with van der Waals surface area (Å²) in [5, 5.41) is 3.00. The summed E-state index contributed by atoms with van der Waals surface area (Å²) < 4.78 is 26.4. The van der Waals surface area contributed by atoms with E-state index >= 15 is 0 Å². The highest BCUT2D eigenvalue weighted by Crippen LogP contribution is 2.25. The average molecular weight is 299 g/mol. The Bertz CT molecular complexity index is 481. The van der Waals surface area contributed by atoms with E-state index in [2.05, 4.69) is 12.2 Å². The Labute approximate surface area is 122 Å². The Morgan fingerprint density at radius 1 is 1.35 bits per heavy atom. The van der Waals surface area contributed by atoms with Crippen molar-refractivity contribution in [2.24, 2.45) is 5.92 Å². The molecule has 1 aliphatic carbocycles. The van der Waals surface area contributed by atoms with E-state index in [0.717, 1.165) is 49.2 Å². The third kappa shape index (κ3) is 4.20. The van der Waals surface area contributed by atoms with Gasteiger partial charge in [0.2, 0.25) is 5.91 Å². The SMILES string of the molecule is C[C@H]1CCCC[C@@H]1NC(=O)CSc1cc(F)ccc1F. The van der Waals surface area contributed by atoms with Crippen LogP contribution in [-0.4, -0.2) is 17.7 Å². The van der Waals surface area contributed by atoms with Gasteiger partial charge >= 0.3 is 0 Å². The van der Waals surface area contributed by atoms with Crippen molar-refractivity contribution in [3.8, 4) is 0 Å². The maximum atomic E-state index is 13.4. The van der Waals surface area contributed by atoms with Gasteiger partial charge in [0, 0.05) is 10.9 Å². The summed E-state index contributed by atoms with van der Waals surface area (Å²) in [6.07, 6.45) is 4.50. The molecular formula is C15H19F2NOS. The predicted octanol–water partition coefficient (Wildman–Crippen LogP) is 3.75. The molecule has 2 atom stereocenters. The molecule has 5 heteroatoms. The smallest absolute Gasteiger partial charge is 0.230 e. The van der Waals surface area contributed by atoms with Crippen molar-refractivity contribution >= 4 is 17.7 Å². The van der Waals surface area contributed by atoms with Gasteiger partial charge in [-0.3, -0.25) is 4.79 Å². The van der Waals surface area contributed by atoms with Gasteiger partial charge in [0.15, 0.2) is 0 Å². The molecule has 1 fully saturated rings. The first-order valence-electron chi connectivity index (χ1n) is 6.93. The van der Waals surface area contributed by atoms with Crippen LogP contribution in [0.1, 0.15) is 32.6 Å². The lowest BCUT2D eigenvalue weighted by Gasteiger charge is -2.29. The molecule has 1 amide bonds. The number of hydrogen-bond acceptors (Lipinski definition) is 2. The quantitative estimate of drug-likeness (QED) is 0.858. The second-order valence-corrected chi connectivity index (χ2v) is 6.32. The number of carbonyl (C=O) groups is 1. The normalized spacial score (nSPS) is 22.6.